The summed E-state index contributed by atoms with van der Waals surface area (Å²) >= 11 is 1.54. The lowest BCUT2D eigenvalue weighted by atomic mass is 10.0. The lowest BCUT2D eigenvalue weighted by Gasteiger charge is -2.21. The van der Waals surface area contributed by atoms with Crippen LogP contribution in [0, 0.1) is 22.8 Å². The SMILES string of the molecule is CCN(C#N)C(=O)C(Cc1csc2ccccc12)NC(=O)OCC#N. The molecule has 0 aliphatic carbocycles. The van der Waals surface area contributed by atoms with Gasteiger partial charge < -0.3 is 10.1 Å². The van der Waals surface area contributed by atoms with Gasteiger partial charge in [0.25, 0.3) is 5.91 Å². The topological polar surface area (TPSA) is 106 Å². The van der Waals surface area contributed by atoms with Crippen molar-refractivity contribution in [2.75, 3.05) is 13.2 Å². The number of nitrogens with one attached hydrogen (secondary N) is 1. The van der Waals surface area contributed by atoms with Gasteiger partial charge in [-0.2, -0.15) is 10.5 Å². The Morgan fingerprint density at radius 1 is 1.36 bits per heavy atom. The standard InChI is InChI=1S/C17H16N4O3S/c1-2-21(11-19)16(22)14(20-17(23)24-8-7-18)9-12-10-25-15-6-4-3-5-13(12)15/h3-6,10,14H,2,8-9H2,1H3,(H,20,23). The van der Waals surface area contributed by atoms with E-state index in [0.29, 0.717) is 0 Å². The Labute approximate surface area is 149 Å². The zero-order chi connectivity index (χ0) is 18.2. The van der Waals surface area contributed by atoms with E-state index in [0.717, 1.165) is 20.5 Å². The van der Waals surface area contributed by atoms with Crippen molar-refractivity contribution in [2.24, 2.45) is 0 Å². The number of nitriles is 2. The number of alkyl carbamates (subject to hydrolysis) is 1. The Bertz CT molecular complexity index is 849. The summed E-state index contributed by atoms with van der Waals surface area (Å²) in [5.74, 6) is -0.519. The third-order valence-electron chi connectivity index (χ3n) is 3.55. The van der Waals surface area contributed by atoms with Gasteiger partial charge in [-0.25, -0.2) is 9.69 Å². The maximum Gasteiger partial charge on any atom is 0.408 e. The van der Waals surface area contributed by atoms with Gasteiger partial charge in [0, 0.05) is 17.7 Å². The van der Waals surface area contributed by atoms with Crippen LogP contribution in [0.15, 0.2) is 29.6 Å². The molecule has 0 aliphatic rings. The summed E-state index contributed by atoms with van der Waals surface area (Å²) in [7, 11) is 0. The summed E-state index contributed by atoms with van der Waals surface area (Å²) in [5, 5.41) is 22.9. The maximum atomic E-state index is 12.5. The molecule has 2 rings (SSSR count). The molecule has 1 unspecified atom stereocenters. The fraction of sp³-hybridized carbons (Fsp3) is 0.294. The maximum absolute atomic E-state index is 12.5. The van der Waals surface area contributed by atoms with Gasteiger partial charge in [0.2, 0.25) is 0 Å². The number of fused-ring (bicyclic) bond motifs is 1. The molecular formula is C17H16N4O3S. The third-order valence-corrected chi connectivity index (χ3v) is 4.56. The molecule has 2 amide bonds. The van der Waals surface area contributed by atoms with Crippen LogP contribution >= 0.6 is 11.3 Å². The highest BCUT2D eigenvalue weighted by Crippen LogP contribution is 2.26. The van der Waals surface area contributed by atoms with Crippen molar-refractivity contribution >= 4 is 33.4 Å². The number of carbonyl (C=O) groups is 2. The molecule has 1 aromatic carbocycles. The van der Waals surface area contributed by atoms with Gasteiger partial charge >= 0.3 is 6.09 Å². The van der Waals surface area contributed by atoms with Crippen LogP contribution in [0.5, 0.6) is 0 Å². The van der Waals surface area contributed by atoms with Crippen molar-refractivity contribution in [3.63, 3.8) is 0 Å². The molecule has 0 saturated heterocycles. The Hall–Kier alpha value is -3.10. The minimum atomic E-state index is -0.955. The summed E-state index contributed by atoms with van der Waals surface area (Å²) in [6.45, 7) is 1.46. The Kier molecular flexibility index (Phi) is 6.33. The molecular weight excluding hydrogens is 340 g/mol. The summed E-state index contributed by atoms with van der Waals surface area (Å²) in [6, 6.07) is 8.48. The van der Waals surface area contributed by atoms with Crippen molar-refractivity contribution in [3.05, 3.63) is 35.2 Å². The number of carbonyl (C=O) groups excluding carboxylic acids is 2. The fourth-order valence-electron chi connectivity index (χ4n) is 2.36. The number of rotatable bonds is 6. The zero-order valence-corrected chi connectivity index (χ0v) is 14.4. The molecule has 128 valence electrons. The predicted molar refractivity (Wildman–Crippen MR) is 92.4 cm³/mol. The number of hydrogen-bond donors (Lipinski definition) is 1. The Balaban J connectivity index is 2.24. The number of hydrogen-bond acceptors (Lipinski definition) is 6. The molecule has 2 aromatic rings. The number of benzene rings is 1. The number of nitrogens with zero attached hydrogens (tertiary/aromatic N) is 3. The van der Waals surface area contributed by atoms with Crippen molar-refractivity contribution < 1.29 is 14.3 Å². The largest absolute Gasteiger partial charge is 0.434 e. The smallest absolute Gasteiger partial charge is 0.408 e. The second-order valence-corrected chi connectivity index (χ2v) is 5.99. The van der Waals surface area contributed by atoms with Crippen LogP contribution in [0.3, 0.4) is 0 Å². The summed E-state index contributed by atoms with van der Waals surface area (Å²) in [6.07, 6.45) is 1.16. The third kappa shape index (κ3) is 4.46. The van der Waals surface area contributed by atoms with Gasteiger partial charge in [0.05, 0.1) is 0 Å². The highest BCUT2D eigenvalue weighted by atomic mass is 32.1. The first-order valence-electron chi connectivity index (χ1n) is 7.57. The van der Waals surface area contributed by atoms with E-state index in [1.807, 2.05) is 35.8 Å². The van der Waals surface area contributed by atoms with Gasteiger partial charge in [-0.15, -0.1) is 11.3 Å². The summed E-state index contributed by atoms with van der Waals surface area (Å²) in [4.78, 5) is 25.3. The van der Waals surface area contributed by atoms with Gasteiger partial charge in [0.15, 0.2) is 12.8 Å². The highest BCUT2D eigenvalue weighted by Gasteiger charge is 2.27. The van der Waals surface area contributed by atoms with Crippen molar-refractivity contribution in [1.82, 2.24) is 10.2 Å². The van der Waals surface area contributed by atoms with Crippen LogP contribution in [0.2, 0.25) is 0 Å². The minimum absolute atomic E-state index is 0.200. The minimum Gasteiger partial charge on any atom is -0.434 e. The number of likely N-dealkylation sites (N-methyl/N-ethyl adjacent to an activating group) is 1. The first-order chi connectivity index (χ1) is 12.1. The van der Waals surface area contributed by atoms with Gasteiger partial charge in [0.1, 0.15) is 12.1 Å². The van der Waals surface area contributed by atoms with Crippen LogP contribution in [0.25, 0.3) is 10.1 Å². The van der Waals surface area contributed by atoms with Gasteiger partial charge in [-0.3, -0.25) is 4.79 Å². The van der Waals surface area contributed by atoms with E-state index in [9.17, 15) is 9.59 Å². The van der Waals surface area contributed by atoms with E-state index in [1.54, 1.807) is 24.3 Å². The molecule has 1 heterocycles. The quantitative estimate of drug-likeness (QED) is 0.632. The van der Waals surface area contributed by atoms with Crippen molar-refractivity contribution in [1.29, 1.82) is 10.5 Å². The number of ether oxygens (including phenoxy) is 1. The van der Waals surface area contributed by atoms with Gasteiger partial charge in [-0.1, -0.05) is 18.2 Å². The molecule has 0 saturated carbocycles. The molecule has 0 fully saturated rings. The van der Waals surface area contributed by atoms with E-state index < -0.39 is 24.6 Å². The first-order valence-corrected chi connectivity index (χ1v) is 8.45. The Morgan fingerprint density at radius 3 is 2.80 bits per heavy atom. The van der Waals surface area contributed by atoms with E-state index in [4.69, 9.17) is 10.5 Å². The predicted octanol–water partition coefficient (Wildman–Crippen LogP) is 2.39. The van der Waals surface area contributed by atoms with Crippen LogP contribution in [0.1, 0.15) is 12.5 Å². The van der Waals surface area contributed by atoms with E-state index in [-0.39, 0.29) is 13.0 Å². The Morgan fingerprint density at radius 2 is 2.12 bits per heavy atom. The second kappa shape index (κ2) is 8.67. The normalized spacial score (nSPS) is 11.2. The molecule has 1 atom stereocenters. The average molecular weight is 356 g/mol. The lowest BCUT2D eigenvalue weighted by molar-refractivity contribution is -0.130. The monoisotopic (exact) mass is 356 g/mol. The molecule has 25 heavy (non-hydrogen) atoms. The molecule has 7 nitrogen and oxygen atoms in total. The van der Waals surface area contributed by atoms with Crippen LogP contribution in [0.4, 0.5) is 4.79 Å². The van der Waals surface area contributed by atoms with E-state index in [2.05, 4.69) is 10.1 Å². The van der Waals surface area contributed by atoms with Crippen molar-refractivity contribution in [3.8, 4) is 12.3 Å². The zero-order valence-electron chi connectivity index (χ0n) is 13.6. The van der Waals surface area contributed by atoms with Gasteiger partial charge in [-0.05, 0) is 29.3 Å². The number of amides is 2. The number of thiophene rings is 1. The summed E-state index contributed by atoms with van der Waals surface area (Å²) in [5.41, 5.74) is 0.897. The van der Waals surface area contributed by atoms with E-state index in [1.165, 1.54) is 0 Å². The highest BCUT2D eigenvalue weighted by molar-refractivity contribution is 7.17. The summed E-state index contributed by atoms with van der Waals surface area (Å²) < 4.78 is 5.74. The molecule has 1 aromatic heterocycles. The molecule has 1 N–H and O–H groups in total. The average Bonchev–Trinajstić information content (AvgIpc) is 3.03. The van der Waals surface area contributed by atoms with E-state index >= 15 is 0 Å². The first kappa shape index (κ1) is 18.2. The molecule has 0 spiro atoms. The fourth-order valence-corrected chi connectivity index (χ4v) is 3.33. The lowest BCUT2D eigenvalue weighted by Crippen LogP contribution is -2.48. The van der Waals surface area contributed by atoms with Crippen LogP contribution < -0.4 is 5.32 Å². The molecule has 0 radical (unpaired) electrons. The molecule has 0 bridgehead atoms. The second-order valence-electron chi connectivity index (χ2n) is 5.07. The van der Waals surface area contributed by atoms with Crippen LogP contribution in [-0.2, 0) is 16.0 Å². The molecule has 0 aliphatic heterocycles. The van der Waals surface area contributed by atoms with Crippen molar-refractivity contribution in [2.45, 2.75) is 19.4 Å². The molecule has 8 heteroatoms. The van der Waals surface area contributed by atoms with Crippen LogP contribution in [-0.4, -0.2) is 36.1 Å².